The Morgan fingerprint density at radius 1 is 1.39 bits per heavy atom. The van der Waals surface area contributed by atoms with Crippen molar-refractivity contribution in [2.75, 3.05) is 13.1 Å². The monoisotopic (exact) mass is 320 g/mol. The van der Waals surface area contributed by atoms with Gasteiger partial charge in [0.2, 0.25) is 0 Å². The number of hydrogen-bond donors (Lipinski definition) is 1. The molecule has 6 heteroatoms. The predicted octanol–water partition coefficient (Wildman–Crippen LogP) is 2.20. The summed E-state index contributed by atoms with van der Waals surface area (Å²) in [7, 11) is 1.73. The fraction of sp³-hybridized carbons (Fsp3) is 0.647. The molecular formula is C17H25FN4O. The molecule has 3 heterocycles. The molecule has 1 aliphatic heterocycles. The minimum absolute atomic E-state index is 0.00411. The predicted molar refractivity (Wildman–Crippen MR) is 89.6 cm³/mol. The smallest absolute Gasteiger partial charge is 0.314 e. The summed E-state index contributed by atoms with van der Waals surface area (Å²) in [5.74, 6) is -0.193. The fourth-order valence-electron chi connectivity index (χ4n) is 3.28. The van der Waals surface area contributed by atoms with E-state index in [0.717, 1.165) is 24.2 Å². The minimum atomic E-state index is -0.928. The molecule has 1 N–H and O–H groups in total. The molecule has 5 nitrogen and oxygen atoms in total. The highest BCUT2D eigenvalue weighted by Gasteiger charge is 2.28. The van der Waals surface area contributed by atoms with Crippen molar-refractivity contribution in [3.8, 4) is 0 Å². The molecule has 0 spiro atoms. The second-order valence-electron chi connectivity index (χ2n) is 7.68. The highest BCUT2D eigenvalue weighted by Crippen LogP contribution is 2.28. The van der Waals surface area contributed by atoms with Crippen LogP contribution in [0.1, 0.15) is 38.8 Å². The van der Waals surface area contributed by atoms with Gasteiger partial charge in [-0.2, -0.15) is 0 Å². The van der Waals surface area contributed by atoms with Crippen LogP contribution in [0.15, 0.2) is 16.9 Å². The van der Waals surface area contributed by atoms with Crippen LogP contribution in [-0.4, -0.2) is 33.4 Å². The van der Waals surface area contributed by atoms with Gasteiger partial charge in [-0.25, -0.2) is 14.2 Å². The van der Waals surface area contributed by atoms with Crippen LogP contribution in [0.2, 0.25) is 0 Å². The third kappa shape index (κ3) is 3.04. The van der Waals surface area contributed by atoms with E-state index in [1.807, 2.05) is 12.1 Å². The number of rotatable bonds is 2. The van der Waals surface area contributed by atoms with Crippen LogP contribution < -0.4 is 11.0 Å². The number of halogens is 1. The van der Waals surface area contributed by atoms with Crippen LogP contribution in [0.3, 0.4) is 0 Å². The van der Waals surface area contributed by atoms with E-state index in [-0.39, 0.29) is 17.0 Å². The standard InChI is InChI=1S/C17H25FN4O/c1-17(2,3)10-22-14-6-5-13(11-7-8-19-9-12(11)18)20-15(14)21(4)16(22)23/h5-6,11-12,19H,7-10H2,1-4H3. The van der Waals surface area contributed by atoms with E-state index in [0.29, 0.717) is 18.7 Å². The molecule has 126 valence electrons. The summed E-state index contributed by atoms with van der Waals surface area (Å²) in [5, 5.41) is 3.06. The number of hydrogen-bond acceptors (Lipinski definition) is 3. The fourth-order valence-corrected chi connectivity index (χ4v) is 3.28. The summed E-state index contributed by atoms with van der Waals surface area (Å²) in [6.07, 6.45) is -0.196. The number of imidazole rings is 1. The number of fused-ring (bicyclic) bond motifs is 1. The number of alkyl halides is 1. The quantitative estimate of drug-likeness (QED) is 0.923. The number of nitrogens with zero attached hydrogens (tertiary/aromatic N) is 3. The van der Waals surface area contributed by atoms with Gasteiger partial charge in [0.25, 0.3) is 0 Å². The number of pyridine rings is 1. The largest absolute Gasteiger partial charge is 0.330 e. The van der Waals surface area contributed by atoms with Crippen molar-refractivity contribution in [2.45, 2.75) is 45.8 Å². The van der Waals surface area contributed by atoms with Crippen molar-refractivity contribution in [1.82, 2.24) is 19.4 Å². The van der Waals surface area contributed by atoms with Crippen molar-refractivity contribution < 1.29 is 4.39 Å². The molecular weight excluding hydrogens is 295 g/mol. The Morgan fingerprint density at radius 2 is 2.13 bits per heavy atom. The van der Waals surface area contributed by atoms with Gasteiger partial charge in [-0.05, 0) is 30.5 Å². The lowest BCUT2D eigenvalue weighted by molar-refractivity contribution is 0.228. The maximum Gasteiger partial charge on any atom is 0.330 e. The van der Waals surface area contributed by atoms with Crippen LogP contribution in [0.5, 0.6) is 0 Å². The normalized spacial score (nSPS) is 22.7. The van der Waals surface area contributed by atoms with E-state index in [1.54, 1.807) is 16.2 Å². The first-order chi connectivity index (χ1) is 10.8. The van der Waals surface area contributed by atoms with Crippen molar-refractivity contribution in [2.24, 2.45) is 12.5 Å². The summed E-state index contributed by atoms with van der Waals surface area (Å²) >= 11 is 0. The van der Waals surface area contributed by atoms with Crippen LogP contribution >= 0.6 is 0 Å². The van der Waals surface area contributed by atoms with E-state index in [1.165, 1.54) is 0 Å². The zero-order chi connectivity index (χ0) is 16.8. The Bertz CT molecular complexity index is 771. The Hall–Kier alpha value is -1.69. The Kier molecular flexibility index (Phi) is 4.04. The van der Waals surface area contributed by atoms with Gasteiger partial charge in [0.15, 0.2) is 5.65 Å². The summed E-state index contributed by atoms with van der Waals surface area (Å²) in [4.78, 5) is 17.2. The maximum absolute atomic E-state index is 14.2. The molecule has 0 amide bonds. The average molecular weight is 320 g/mol. The van der Waals surface area contributed by atoms with Crippen molar-refractivity contribution in [3.63, 3.8) is 0 Å². The van der Waals surface area contributed by atoms with E-state index < -0.39 is 6.17 Å². The number of piperidine rings is 1. The van der Waals surface area contributed by atoms with E-state index in [2.05, 4.69) is 31.1 Å². The molecule has 0 saturated carbocycles. The molecule has 0 aromatic carbocycles. The zero-order valence-electron chi connectivity index (χ0n) is 14.3. The molecule has 2 aromatic heterocycles. The van der Waals surface area contributed by atoms with Crippen molar-refractivity contribution in [1.29, 1.82) is 0 Å². The van der Waals surface area contributed by atoms with Crippen molar-refractivity contribution >= 4 is 11.2 Å². The van der Waals surface area contributed by atoms with Crippen molar-refractivity contribution in [3.05, 3.63) is 28.3 Å². The van der Waals surface area contributed by atoms with Crippen LogP contribution in [-0.2, 0) is 13.6 Å². The second kappa shape index (κ2) is 5.74. The topological polar surface area (TPSA) is 51.9 Å². The van der Waals surface area contributed by atoms with Gasteiger partial charge in [-0.1, -0.05) is 20.8 Å². The minimum Gasteiger partial charge on any atom is -0.314 e. The van der Waals surface area contributed by atoms with Gasteiger partial charge < -0.3 is 5.32 Å². The van der Waals surface area contributed by atoms with E-state index in [4.69, 9.17) is 0 Å². The Balaban J connectivity index is 2.07. The van der Waals surface area contributed by atoms with Crippen LogP contribution in [0.4, 0.5) is 4.39 Å². The molecule has 0 radical (unpaired) electrons. The average Bonchev–Trinajstić information content (AvgIpc) is 2.71. The van der Waals surface area contributed by atoms with Crippen LogP contribution in [0, 0.1) is 5.41 Å². The third-order valence-electron chi connectivity index (χ3n) is 4.42. The summed E-state index contributed by atoms with van der Waals surface area (Å²) in [6, 6.07) is 3.79. The van der Waals surface area contributed by atoms with Gasteiger partial charge in [-0.15, -0.1) is 0 Å². The highest BCUT2D eigenvalue weighted by atomic mass is 19.1. The number of nitrogens with one attached hydrogen (secondary N) is 1. The lowest BCUT2D eigenvalue weighted by Gasteiger charge is -2.26. The van der Waals surface area contributed by atoms with Gasteiger partial charge in [0.05, 0.1) is 5.52 Å². The molecule has 0 aliphatic carbocycles. The zero-order valence-corrected chi connectivity index (χ0v) is 14.3. The highest BCUT2D eigenvalue weighted by molar-refractivity contribution is 5.72. The van der Waals surface area contributed by atoms with Gasteiger partial charge in [0.1, 0.15) is 6.17 Å². The molecule has 2 aromatic rings. The van der Waals surface area contributed by atoms with Gasteiger partial charge in [0, 0.05) is 31.7 Å². The lowest BCUT2D eigenvalue weighted by atomic mass is 9.92. The summed E-state index contributed by atoms with van der Waals surface area (Å²) < 4.78 is 17.5. The Labute approximate surface area is 135 Å². The first kappa shape index (κ1) is 16.2. The second-order valence-corrected chi connectivity index (χ2v) is 7.68. The summed E-state index contributed by atoms with van der Waals surface area (Å²) in [6.45, 7) is 8.10. The maximum atomic E-state index is 14.2. The SMILES string of the molecule is Cn1c(=O)n(CC(C)(C)C)c2ccc(C3CCNCC3F)nc21. The lowest BCUT2D eigenvalue weighted by Crippen LogP contribution is -2.37. The summed E-state index contributed by atoms with van der Waals surface area (Å²) in [5.41, 5.74) is 2.13. The third-order valence-corrected chi connectivity index (χ3v) is 4.42. The number of aryl methyl sites for hydroxylation is 1. The van der Waals surface area contributed by atoms with Gasteiger partial charge >= 0.3 is 5.69 Å². The molecule has 2 unspecified atom stereocenters. The molecule has 0 bridgehead atoms. The first-order valence-corrected chi connectivity index (χ1v) is 8.19. The van der Waals surface area contributed by atoms with Gasteiger partial charge in [-0.3, -0.25) is 9.13 Å². The first-order valence-electron chi connectivity index (χ1n) is 8.19. The Morgan fingerprint density at radius 3 is 2.78 bits per heavy atom. The van der Waals surface area contributed by atoms with E-state index in [9.17, 15) is 9.18 Å². The molecule has 3 rings (SSSR count). The molecule has 1 fully saturated rings. The molecule has 1 saturated heterocycles. The van der Waals surface area contributed by atoms with E-state index >= 15 is 0 Å². The molecule has 1 aliphatic rings. The molecule has 2 atom stereocenters. The van der Waals surface area contributed by atoms with Crippen LogP contribution in [0.25, 0.3) is 11.2 Å². The number of aromatic nitrogens is 3. The molecule has 23 heavy (non-hydrogen) atoms.